The number of aliphatic imine (C=N–C) groups is 1. The molecule has 2 aliphatic heterocycles. The first kappa shape index (κ1) is 25.3. The Morgan fingerprint density at radius 2 is 2.05 bits per heavy atom. The van der Waals surface area contributed by atoms with Crippen LogP contribution in [0.5, 0.6) is 0 Å². The predicted octanol–water partition coefficient (Wildman–Crippen LogP) is 5.61. The third kappa shape index (κ3) is 5.37. The molecular formula is C25H20ClF3N4O3S. The number of carbonyl (C=O) groups excluding carboxylic acids is 1. The summed E-state index contributed by atoms with van der Waals surface area (Å²) in [5.74, 6) is -1.48. The van der Waals surface area contributed by atoms with E-state index in [9.17, 15) is 22.8 Å². The van der Waals surface area contributed by atoms with E-state index in [4.69, 9.17) is 16.7 Å². The van der Waals surface area contributed by atoms with E-state index in [0.29, 0.717) is 35.8 Å². The number of carboxylic acid groups (broad SMARTS) is 1. The van der Waals surface area contributed by atoms with Gasteiger partial charge in [-0.2, -0.15) is 23.3 Å². The van der Waals surface area contributed by atoms with Gasteiger partial charge in [0.15, 0.2) is 5.17 Å². The lowest BCUT2D eigenvalue weighted by molar-refractivity contribution is -0.139. The van der Waals surface area contributed by atoms with Gasteiger partial charge in [0, 0.05) is 29.9 Å². The summed E-state index contributed by atoms with van der Waals surface area (Å²) in [5.41, 5.74) is 0.853. The lowest BCUT2D eigenvalue weighted by Crippen LogP contribution is -2.25. The SMILES string of the molecule is O=C(O)CC1CCN(C2=NC(=O)C(=C(Cc3ccc(Cl)cc3C(F)(F)F)c3ccc4[nH]ncc4c3)S2)C1. The van der Waals surface area contributed by atoms with Crippen LogP contribution < -0.4 is 0 Å². The molecule has 1 aromatic heterocycles. The van der Waals surface area contributed by atoms with E-state index in [-0.39, 0.29) is 34.3 Å². The van der Waals surface area contributed by atoms with Gasteiger partial charge in [-0.3, -0.25) is 14.7 Å². The molecule has 37 heavy (non-hydrogen) atoms. The summed E-state index contributed by atoms with van der Waals surface area (Å²) in [7, 11) is 0. The standard InChI is InChI=1S/C25H20ClF3N4O3S/c26-17-3-1-15(19(10-17)25(27,28)29)9-18(14-2-4-20-16(8-14)11-30-32-20)22-23(36)31-24(37-22)33-6-5-13(12-33)7-21(34)35/h1-4,8,10-11,13H,5-7,9,12H2,(H,30,32)(H,34,35). The molecule has 12 heteroatoms. The quantitative estimate of drug-likeness (QED) is 0.402. The van der Waals surface area contributed by atoms with E-state index in [1.165, 1.54) is 12.1 Å². The van der Waals surface area contributed by atoms with E-state index in [2.05, 4.69) is 15.2 Å². The third-order valence-electron chi connectivity index (χ3n) is 6.41. The van der Waals surface area contributed by atoms with Crippen LogP contribution in [0, 0.1) is 5.92 Å². The Kier molecular flexibility index (Phi) is 6.76. The van der Waals surface area contributed by atoms with Gasteiger partial charge in [-0.15, -0.1) is 0 Å². The zero-order valence-electron chi connectivity index (χ0n) is 19.2. The second-order valence-electron chi connectivity index (χ2n) is 8.96. The van der Waals surface area contributed by atoms with Crippen molar-refractivity contribution in [1.82, 2.24) is 15.1 Å². The number of nitrogens with one attached hydrogen (secondary N) is 1. The molecule has 1 saturated heterocycles. The largest absolute Gasteiger partial charge is 0.481 e. The van der Waals surface area contributed by atoms with Crippen LogP contribution in [0.1, 0.15) is 29.5 Å². The number of halogens is 4. The van der Waals surface area contributed by atoms with E-state index in [0.717, 1.165) is 28.7 Å². The van der Waals surface area contributed by atoms with Crippen LogP contribution in [0.25, 0.3) is 16.5 Å². The summed E-state index contributed by atoms with van der Waals surface area (Å²) < 4.78 is 41.6. The normalized spacial score (nSPS) is 19.6. The van der Waals surface area contributed by atoms with Crippen LogP contribution in [0.3, 0.4) is 0 Å². The average Bonchev–Trinajstić information content (AvgIpc) is 3.56. The number of alkyl halides is 3. The molecule has 0 radical (unpaired) electrons. The minimum absolute atomic E-state index is 0.0174. The Morgan fingerprint density at radius 1 is 1.24 bits per heavy atom. The van der Waals surface area contributed by atoms with Gasteiger partial charge >= 0.3 is 12.1 Å². The van der Waals surface area contributed by atoms with Gasteiger partial charge in [-0.25, -0.2) is 0 Å². The van der Waals surface area contributed by atoms with E-state index in [1.54, 1.807) is 24.4 Å². The maximum absolute atomic E-state index is 13.9. The second kappa shape index (κ2) is 9.86. The van der Waals surface area contributed by atoms with Crippen molar-refractivity contribution in [2.75, 3.05) is 13.1 Å². The highest BCUT2D eigenvalue weighted by Crippen LogP contribution is 2.41. The van der Waals surface area contributed by atoms with Crippen LogP contribution in [-0.2, 0) is 22.2 Å². The maximum atomic E-state index is 13.9. The van der Waals surface area contributed by atoms with Crippen molar-refractivity contribution in [2.24, 2.45) is 10.9 Å². The number of fused-ring (bicyclic) bond motifs is 1. The molecule has 1 fully saturated rings. The molecule has 192 valence electrons. The number of thioether (sulfide) groups is 1. The number of likely N-dealkylation sites (tertiary alicyclic amines) is 1. The highest BCUT2D eigenvalue weighted by atomic mass is 35.5. The van der Waals surface area contributed by atoms with Crippen LogP contribution in [-0.4, -0.2) is 50.3 Å². The number of aliphatic carboxylic acids is 1. The van der Waals surface area contributed by atoms with Crippen LogP contribution in [0.4, 0.5) is 13.2 Å². The number of nitrogens with zero attached hydrogens (tertiary/aromatic N) is 3. The molecule has 5 rings (SSSR count). The lowest BCUT2D eigenvalue weighted by Gasteiger charge is -2.18. The molecule has 1 atom stereocenters. The highest BCUT2D eigenvalue weighted by molar-refractivity contribution is 8.18. The lowest BCUT2D eigenvalue weighted by atomic mass is 9.93. The van der Waals surface area contributed by atoms with Crippen LogP contribution in [0.2, 0.25) is 5.02 Å². The van der Waals surface area contributed by atoms with Gasteiger partial charge in [0.2, 0.25) is 0 Å². The number of aromatic amines is 1. The summed E-state index contributed by atoms with van der Waals surface area (Å²) in [5, 5.41) is 17.1. The Morgan fingerprint density at radius 3 is 2.81 bits per heavy atom. The number of carboxylic acids is 1. The van der Waals surface area contributed by atoms with Gasteiger partial charge in [-0.1, -0.05) is 23.7 Å². The van der Waals surface area contributed by atoms with Crippen molar-refractivity contribution < 1.29 is 27.9 Å². The fourth-order valence-corrected chi connectivity index (χ4v) is 5.87. The van der Waals surface area contributed by atoms with Crippen LogP contribution >= 0.6 is 23.4 Å². The Bertz CT molecular complexity index is 1470. The molecule has 0 spiro atoms. The molecular weight excluding hydrogens is 529 g/mol. The van der Waals surface area contributed by atoms with Gasteiger partial charge in [0.1, 0.15) is 0 Å². The number of hydrogen-bond acceptors (Lipinski definition) is 5. The van der Waals surface area contributed by atoms with Crippen molar-refractivity contribution in [3.63, 3.8) is 0 Å². The zero-order valence-corrected chi connectivity index (χ0v) is 20.8. The smallest absolute Gasteiger partial charge is 0.416 e. The molecule has 2 aliphatic rings. The molecule has 3 aromatic rings. The first-order valence-electron chi connectivity index (χ1n) is 11.4. The van der Waals surface area contributed by atoms with Crippen molar-refractivity contribution in [3.8, 4) is 0 Å². The molecule has 2 aromatic carbocycles. The first-order chi connectivity index (χ1) is 17.6. The van der Waals surface area contributed by atoms with Crippen molar-refractivity contribution in [2.45, 2.75) is 25.4 Å². The number of benzene rings is 2. The van der Waals surface area contributed by atoms with Gasteiger partial charge < -0.3 is 10.0 Å². The van der Waals surface area contributed by atoms with Gasteiger partial charge in [0.05, 0.1) is 22.2 Å². The monoisotopic (exact) mass is 548 g/mol. The molecule has 7 nitrogen and oxygen atoms in total. The van der Waals surface area contributed by atoms with Gasteiger partial charge in [-0.05, 0) is 71.5 Å². The number of amidine groups is 1. The molecule has 0 saturated carbocycles. The molecule has 2 N–H and O–H groups in total. The molecule has 3 heterocycles. The minimum atomic E-state index is -4.63. The summed E-state index contributed by atoms with van der Waals surface area (Å²) in [6.45, 7) is 1.00. The summed E-state index contributed by atoms with van der Waals surface area (Å²) in [6.07, 6.45) is -2.52. The Labute approximate surface area is 218 Å². The summed E-state index contributed by atoms with van der Waals surface area (Å²) >= 11 is 6.98. The van der Waals surface area contributed by atoms with E-state index in [1.807, 2.05) is 4.90 Å². The number of hydrogen-bond donors (Lipinski definition) is 2. The molecule has 0 aliphatic carbocycles. The number of carbonyl (C=O) groups is 2. The van der Waals surface area contributed by atoms with Crippen molar-refractivity contribution >= 4 is 56.9 Å². The Balaban J connectivity index is 1.54. The Hall–Kier alpha value is -3.31. The first-order valence-corrected chi connectivity index (χ1v) is 12.6. The third-order valence-corrected chi connectivity index (χ3v) is 7.80. The number of amides is 1. The van der Waals surface area contributed by atoms with Gasteiger partial charge in [0.25, 0.3) is 5.91 Å². The average molecular weight is 549 g/mol. The zero-order chi connectivity index (χ0) is 26.3. The van der Waals surface area contributed by atoms with E-state index >= 15 is 0 Å². The fraction of sp³-hybridized carbons (Fsp3) is 0.280. The van der Waals surface area contributed by atoms with E-state index < -0.39 is 23.6 Å². The predicted molar refractivity (Wildman–Crippen MR) is 135 cm³/mol. The number of allylic oxidation sites excluding steroid dienone is 1. The molecule has 0 bridgehead atoms. The molecule has 1 amide bonds. The second-order valence-corrected chi connectivity index (χ2v) is 10.4. The number of H-pyrrole nitrogens is 1. The highest BCUT2D eigenvalue weighted by Gasteiger charge is 2.36. The van der Waals surface area contributed by atoms with Crippen molar-refractivity contribution in [1.29, 1.82) is 0 Å². The van der Waals surface area contributed by atoms with Crippen LogP contribution in [0.15, 0.2) is 52.5 Å². The minimum Gasteiger partial charge on any atom is -0.481 e. The van der Waals surface area contributed by atoms with Crippen molar-refractivity contribution in [3.05, 3.63) is 69.2 Å². The number of rotatable bonds is 5. The fourth-order valence-electron chi connectivity index (χ4n) is 4.64. The summed E-state index contributed by atoms with van der Waals surface area (Å²) in [4.78, 5) is 30.5. The molecule has 1 unspecified atom stereocenters. The topological polar surface area (TPSA) is 98.6 Å². The number of aromatic nitrogens is 2. The maximum Gasteiger partial charge on any atom is 0.416 e. The summed E-state index contributed by atoms with van der Waals surface area (Å²) in [6, 6.07) is 8.87.